The molecule has 0 amide bonds. The van der Waals surface area contributed by atoms with Crippen molar-refractivity contribution < 1.29 is 4.31 Å². The van der Waals surface area contributed by atoms with Gasteiger partial charge in [-0.2, -0.15) is 0 Å². The predicted molar refractivity (Wildman–Crippen MR) is 196 cm³/mol. The first kappa shape index (κ1) is 29.6. The molecule has 0 heterocycles. The Kier molecular flexibility index (Phi) is 8.67. The van der Waals surface area contributed by atoms with Gasteiger partial charge in [0.2, 0.25) is 0 Å². The van der Waals surface area contributed by atoms with E-state index in [4.69, 9.17) is 4.31 Å². The second kappa shape index (κ2) is 12.3. The third-order valence-corrected chi connectivity index (χ3v) is 23.5. The van der Waals surface area contributed by atoms with Gasteiger partial charge in [-0.25, -0.2) is 0 Å². The van der Waals surface area contributed by atoms with Crippen LogP contribution in [0.5, 0.6) is 0 Å². The Bertz CT molecular complexity index is 1650. The average Bonchev–Trinajstić information content (AvgIpc) is 3.07. The summed E-state index contributed by atoms with van der Waals surface area (Å²) in [7, 11) is -2.80. The normalized spacial score (nSPS) is 12.8. The SMILES string of the molecule is Brc1cccc(P(Br)(O[P+](c2ccccc2)(c2ccccc2)c2ccccc2)(c2ccccc2)c2ccccc2)c1Br. The molecule has 0 saturated heterocycles. The van der Waals surface area contributed by atoms with Crippen LogP contribution in [-0.4, -0.2) is 0 Å². The van der Waals surface area contributed by atoms with Crippen LogP contribution in [0, 0.1) is 0 Å². The van der Waals surface area contributed by atoms with E-state index in [1.165, 1.54) is 0 Å². The van der Waals surface area contributed by atoms with Crippen LogP contribution < -0.4 is 31.8 Å². The maximum atomic E-state index is 8.37. The summed E-state index contributed by atoms with van der Waals surface area (Å²) >= 11 is 12.5. The molecule has 208 valence electrons. The molecule has 6 heteroatoms. The van der Waals surface area contributed by atoms with Gasteiger partial charge < -0.3 is 0 Å². The predicted octanol–water partition coefficient (Wildman–Crippen LogP) is 9.19. The van der Waals surface area contributed by atoms with Crippen LogP contribution in [0.25, 0.3) is 0 Å². The van der Waals surface area contributed by atoms with Crippen LogP contribution in [0.1, 0.15) is 0 Å². The number of benzene rings is 6. The molecule has 0 saturated carbocycles. The molecule has 42 heavy (non-hydrogen) atoms. The quantitative estimate of drug-likeness (QED) is 0.140. The monoisotopic (exact) mass is 775 g/mol. The minimum absolute atomic E-state index is 0.958. The molecule has 6 aromatic rings. The molecule has 0 aliphatic rings. The van der Waals surface area contributed by atoms with E-state index < -0.39 is 13.0 Å². The summed E-state index contributed by atoms with van der Waals surface area (Å²) in [6.07, 6.45) is 0. The number of hydrogen-bond donors (Lipinski definition) is 0. The van der Waals surface area contributed by atoms with Crippen LogP contribution in [0.2, 0.25) is 0 Å². The third-order valence-electron chi connectivity index (χ3n) is 7.43. The number of rotatable bonds is 8. The van der Waals surface area contributed by atoms with Crippen molar-refractivity contribution in [2.45, 2.75) is 0 Å². The van der Waals surface area contributed by atoms with E-state index in [1.807, 2.05) is 0 Å². The molecular formula is C36H28Br3OP2+. The molecule has 0 fully saturated rings. The molecule has 6 aromatic carbocycles. The van der Waals surface area contributed by atoms with Crippen LogP contribution in [0.4, 0.5) is 0 Å². The van der Waals surface area contributed by atoms with Crippen molar-refractivity contribution in [2.75, 3.05) is 0 Å². The van der Waals surface area contributed by atoms with Crippen molar-refractivity contribution in [1.29, 1.82) is 0 Å². The molecule has 0 spiro atoms. The molecule has 0 bridgehead atoms. The molecule has 0 aliphatic carbocycles. The first-order valence-corrected chi connectivity index (χ1v) is 21.0. The van der Waals surface area contributed by atoms with Crippen molar-refractivity contribution >= 4 is 92.2 Å². The Hall–Kier alpha value is -2.42. The van der Waals surface area contributed by atoms with E-state index in [-0.39, 0.29) is 0 Å². The Labute approximate surface area is 273 Å². The number of hydrogen-bond acceptors (Lipinski definition) is 1. The molecule has 0 aliphatic heterocycles. The fourth-order valence-corrected chi connectivity index (χ4v) is 21.9. The van der Waals surface area contributed by atoms with E-state index in [0.717, 1.165) is 40.8 Å². The molecule has 1 nitrogen and oxygen atoms in total. The number of halogens is 3. The van der Waals surface area contributed by atoms with Crippen molar-refractivity contribution in [1.82, 2.24) is 0 Å². The topological polar surface area (TPSA) is 9.23 Å². The van der Waals surface area contributed by atoms with Gasteiger partial charge >= 0.3 is 275 Å². The van der Waals surface area contributed by atoms with Crippen LogP contribution in [0.15, 0.2) is 179 Å². The van der Waals surface area contributed by atoms with Crippen molar-refractivity contribution in [3.63, 3.8) is 0 Å². The zero-order chi connectivity index (χ0) is 29.1. The van der Waals surface area contributed by atoms with Gasteiger partial charge in [-0.05, 0) is 0 Å². The zero-order valence-corrected chi connectivity index (χ0v) is 29.1. The summed E-state index contributed by atoms with van der Waals surface area (Å²) in [5.74, 6) is 0. The van der Waals surface area contributed by atoms with Gasteiger partial charge in [-0.1, -0.05) is 0 Å². The molecule has 0 aromatic heterocycles. The molecule has 0 atom stereocenters. The Morgan fingerprint density at radius 3 is 1.17 bits per heavy atom. The third kappa shape index (κ3) is 4.97. The van der Waals surface area contributed by atoms with Gasteiger partial charge in [0.25, 0.3) is 0 Å². The van der Waals surface area contributed by atoms with Gasteiger partial charge in [0.1, 0.15) is 0 Å². The first-order valence-electron chi connectivity index (χ1n) is 13.6. The van der Waals surface area contributed by atoms with Crippen molar-refractivity contribution in [3.05, 3.63) is 179 Å². The van der Waals surface area contributed by atoms with Crippen LogP contribution in [0.3, 0.4) is 0 Å². The fraction of sp³-hybridized carbons (Fsp3) is 0. The van der Waals surface area contributed by atoms with Gasteiger partial charge in [0.15, 0.2) is 0 Å². The summed E-state index contributed by atoms with van der Waals surface area (Å²) in [5, 5.41) is 6.66. The maximum absolute atomic E-state index is 8.37. The van der Waals surface area contributed by atoms with E-state index in [9.17, 15) is 0 Å². The Morgan fingerprint density at radius 2 is 0.786 bits per heavy atom. The van der Waals surface area contributed by atoms with E-state index in [0.29, 0.717) is 0 Å². The fourth-order valence-electron chi connectivity index (χ4n) is 5.49. The van der Waals surface area contributed by atoms with Crippen molar-refractivity contribution in [3.8, 4) is 0 Å². The van der Waals surface area contributed by atoms with E-state index in [1.54, 1.807) is 0 Å². The Balaban J connectivity index is 1.85. The van der Waals surface area contributed by atoms with E-state index in [2.05, 4.69) is 217 Å². The zero-order valence-electron chi connectivity index (χ0n) is 22.6. The second-order valence-electron chi connectivity index (χ2n) is 9.87. The van der Waals surface area contributed by atoms with E-state index >= 15 is 0 Å². The first-order chi connectivity index (χ1) is 20.5. The summed E-state index contributed by atoms with van der Waals surface area (Å²) in [5.41, 5.74) is -3.94. The average molecular weight is 778 g/mol. The van der Waals surface area contributed by atoms with Gasteiger partial charge in [0, 0.05) is 0 Å². The Morgan fingerprint density at radius 1 is 0.429 bits per heavy atom. The van der Waals surface area contributed by atoms with Crippen molar-refractivity contribution in [2.24, 2.45) is 0 Å². The van der Waals surface area contributed by atoms with Gasteiger partial charge in [0.05, 0.1) is 0 Å². The summed E-state index contributed by atoms with van der Waals surface area (Å²) < 4.78 is 10.3. The minimum atomic E-state index is -3.94. The summed E-state index contributed by atoms with van der Waals surface area (Å²) in [6, 6.07) is 59.9. The molecule has 0 unspecified atom stereocenters. The molecule has 0 N–H and O–H groups in total. The van der Waals surface area contributed by atoms with Gasteiger partial charge in [-0.15, -0.1) is 0 Å². The summed E-state index contributed by atoms with van der Waals surface area (Å²) in [6.45, 7) is 0. The molecule has 0 radical (unpaired) electrons. The standard InChI is InChI=1S/C36H28Br3OP2/c37-34-27-16-28-35(36(34)38)42(39,32-23-12-4-13-24-32,33-25-14-5-15-26-33)40-41(29-17-6-1-7-18-29,30-19-8-2-9-20-30)31-21-10-3-11-22-31/h1-28H/q+1. The molecule has 6 rings (SSSR count). The van der Waals surface area contributed by atoms with Crippen LogP contribution in [-0.2, 0) is 4.31 Å². The van der Waals surface area contributed by atoms with Gasteiger partial charge in [-0.3, -0.25) is 0 Å². The van der Waals surface area contributed by atoms with Crippen LogP contribution >= 0.6 is 60.4 Å². The summed E-state index contributed by atoms with van der Waals surface area (Å²) in [4.78, 5) is 0. The second-order valence-corrected chi connectivity index (χ2v) is 22.4. The molecular weight excluding hydrogens is 750 g/mol.